The summed E-state index contributed by atoms with van der Waals surface area (Å²) in [5.41, 5.74) is 11.0. The van der Waals surface area contributed by atoms with Gasteiger partial charge < -0.3 is 46.5 Å². The number of rotatable bonds is 22. The van der Waals surface area contributed by atoms with Crippen LogP contribution in [0.3, 0.4) is 0 Å². The van der Waals surface area contributed by atoms with Gasteiger partial charge in [0.05, 0.1) is 51.0 Å². The second kappa shape index (κ2) is 19.6. The van der Waals surface area contributed by atoms with E-state index < -0.39 is 47.0 Å². The van der Waals surface area contributed by atoms with Gasteiger partial charge in [0.2, 0.25) is 17.7 Å². The lowest BCUT2D eigenvalue weighted by Gasteiger charge is -2.20. The second-order valence-corrected chi connectivity index (χ2v) is 9.86. The van der Waals surface area contributed by atoms with Gasteiger partial charge in [0.15, 0.2) is 0 Å². The molecule has 8 N–H and O–H groups in total. The number of carboxylic acid groups (broad SMARTS) is 1. The number of amides is 4. The number of hydrogen-bond donors (Lipinski definition) is 6. The monoisotopic (exact) mass is 598 g/mol. The molecule has 14 nitrogen and oxygen atoms in total. The van der Waals surface area contributed by atoms with Gasteiger partial charge in [0.25, 0.3) is 5.91 Å². The van der Waals surface area contributed by atoms with E-state index in [1.165, 1.54) is 18.2 Å². The van der Waals surface area contributed by atoms with Crippen molar-refractivity contribution in [1.82, 2.24) is 10.6 Å². The minimum Gasteiger partial charge on any atom is -0.480 e. The van der Waals surface area contributed by atoms with Gasteiger partial charge in [0.1, 0.15) is 6.04 Å². The summed E-state index contributed by atoms with van der Waals surface area (Å²) in [7, 11) is 0. The van der Waals surface area contributed by atoms with Crippen LogP contribution in [0.15, 0.2) is 30.9 Å². The summed E-state index contributed by atoms with van der Waals surface area (Å²) in [6, 6.07) is 2.62. The summed E-state index contributed by atoms with van der Waals surface area (Å²) >= 11 is 0.843. The number of aliphatic carboxylic acids is 1. The largest absolute Gasteiger partial charge is 0.480 e. The van der Waals surface area contributed by atoms with Gasteiger partial charge in [-0.15, -0.1) is 18.3 Å². The molecule has 0 aliphatic rings. The van der Waals surface area contributed by atoms with E-state index in [4.69, 9.17) is 25.7 Å². The summed E-state index contributed by atoms with van der Waals surface area (Å²) in [6.45, 7) is 7.00. The van der Waals surface area contributed by atoms with Crippen LogP contribution in [-0.2, 0) is 28.6 Å². The number of ether oxygens (including phenoxy) is 3. The molecule has 41 heavy (non-hydrogen) atoms. The summed E-state index contributed by atoms with van der Waals surface area (Å²) in [5.74, 6) is -4.28. The summed E-state index contributed by atoms with van der Waals surface area (Å²) in [4.78, 5) is 59.2. The Morgan fingerprint density at radius 2 is 1.61 bits per heavy atom. The SMILES string of the molecule is C=CCOCCOCCOCCNC(=O)c1cc(C(N)=O)cc(C(O)CC(SC[C@H](NC(C)=O)C(=O)O)C(N)=O)c1. The quantitative estimate of drug-likeness (QED) is 0.0725. The van der Waals surface area contributed by atoms with Crippen molar-refractivity contribution in [2.45, 2.75) is 30.7 Å². The summed E-state index contributed by atoms with van der Waals surface area (Å²) < 4.78 is 15.9. The first-order valence-corrected chi connectivity index (χ1v) is 13.7. The standard InChI is InChI=1S/C26H38N4O10S/c1-3-5-38-7-9-40-10-8-39-6-4-29-25(35)19-12-17(11-18(13-19)23(27)33)21(32)14-22(24(28)34)41-15-20(26(36)37)30-16(2)31/h3,11-13,20-22,32H,1,4-10,14-15H2,2H3,(H2,27,33)(H2,28,34)(H,29,35)(H,30,31)(H,36,37)/t20-,21?,22?/m0/s1. The Labute approximate surface area is 242 Å². The lowest BCUT2D eigenvalue weighted by atomic mass is 9.98. The van der Waals surface area contributed by atoms with Gasteiger partial charge in [-0.05, 0) is 30.2 Å². The highest BCUT2D eigenvalue weighted by molar-refractivity contribution is 8.00. The number of carbonyl (C=O) groups excluding carboxylic acids is 4. The van der Waals surface area contributed by atoms with E-state index >= 15 is 0 Å². The van der Waals surface area contributed by atoms with Crippen LogP contribution in [0.5, 0.6) is 0 Å². The lowest BCUT2D eigenvalue weighted by molar-refractivity contribution is -0.140. The molecule has 0 aromatic heterocycles. The lowest BCUT2D eigenvalue weighted by Crippen LogP contribution is -2.42. The predicted octanol–water partition coefficient (Wildman–Crippen LogP) is -0.649. The molecule has 0 spiro atoms. The van der Waals surface area contributed by atoms with Gasteiger partial charge >= 0.3 is 5.97 Å². The molecule has 0 saturated carbocycles. The number of carbonyl (C=O) groups is 5. The molecule has 15 heteroatoms. The molecule has 4 amide bonds. The fraction of sp³-hybridized carbons (Fsp3) is 0.500. The molecule has 3 atom stereocenters. The Kier molecular flexibility index (Phi) is 16.9. The zero-order valence-corrected chi connectivity index (χ0v) is 23.7. The highest BCUT2D eigenvalue weighted by atomic mass is 32.2. The van der Waals surface area contributed by atoms with Crippen LogP contribution < -0.4 is 22.1 Å². The maximum absolute atomic E-state index is 12.7. The van der Waals surface area contributed by atoms with Gasteiger partial charge in [0, 0.05) is 30.3 Å². The van der Waals surface area contributed by atoms with Crippen molar-refractivity contribution in [3.8, 4) is 0 Å². The van der Waals surface area contributed by atoms with Crippen LogP contribution >= 0.6 is 11.8 Å². The van der Waals surface area contributed by atoms with E-state index in [-0.39, 0.29) is 42.0 Å². The summed E-state index contributed by atoms with van der Waals surface area (Å²) in [5, 5.41) is 23.9. The number of thioether (sulfide) groups is 1. The number of nitrogens with one attached hydrogen (secondary N) is 2. The smallest absolute Gasteiger partial charge is 0.327 e. The van der Waals surface area contributed by atoms with Crippen LogP contribution in [0.1, 0.15) is 45.7 Å². The van der Waals surface area contributed by atoms with Crippen LogP contribution in [-0.4, -0.2) is 103 Å². The van der Waals surface area contributed by atoms with Crippen molar-refractivity contribution in [3.63, 3.8) is 0 Å². The minimum absolute atomic E-state index is 0.0399. The Morgan fingerprint density at radius 3 is 2.17 bits per heavy atom. The number of hydrogen-bond acceptors (Lipinski definition) is 10. The molecule has 0 saturated heterocycles. The van der Waals surface area contributed by atoms with Crippen molar-refractivity contribution in [2.75, 3.05) is 51.9 Å². The van der Waals surface area contributed by atoms with Gasteiger partial charge in [-0.3, -0.25) is 19.2 Å². The number of aliphatic hydroxyl groups is 1. The molecule has 0 radical (unpaired) electrons. The molecular formula is C26H38N4O10S. The average molecular weight is 599 g/mol. The molecule has 2 unspecified atom stereocenters. The van der Waals surface area contributed by atoms with Crippen molar-refractivity contribution >= 4 is 41.4 Å². The maximum Gasteiger partial charge on any atom is 0.327 e. The van der Waals surface area contributed by atoms with E-state index in [1.54, 1.807) is 6.08 Å². The first kappa shape index (κ1) is 35.5. The normalized spacial score (nSPS) is 13.0. The first-order chi connectivity index (χ1) is 19.5. The number of nitrogens with two attached hydrogens (primary N) is 2. The first-order valence-electron chi connectivity index (χ1n) is 12.6. The highest BCUT2D eigenvalue weighted by Gasteiger charge is 2.26. The van der Waals surface area contributed by atoms with Crippen LogP contribution in [0, 0.1) is 0 Å². The van der Waals surface area contributed by atoms with E-state index in [9.17, 15) is 34.2 Å². The third-order valence-corrected chi connectivity index (χ3v) is 6.65. The fourth-order valence-corrected chi connectivity index (χ4v) is 4.43. The van der Waals surface area contributed by atoms with E-state index in [2.05, 4.69) is 17.2 Å². The molecule has 0 bridgehead atoms. The third-order valence-electron chi connectivity index (χ3n) is 5.29. The van der Waals surface area contributed by atoms with Crippen molar-refractivity contribution in [1.29, 1.82) is 0 Å². The fourth-order valence-electron chi connectivity index (χ4n) is 3.30. The average Bonchev–Trinajstić information content (AvgIpc) is 2.92. The van der Waals surface area contributed by atoms with Crippen LogP contribution in [0.25, 0.3) is 0 Å². The zero-order valence-electron chi connectivity index (χ0n) is 22.8. The number of aliphatic hydroxyl groups excluding tert-OH is 1. The van der Waals surface area contributed by atoms with Gasteiger partial charge in [-0.25, -0.2) is 4.79 Å². The molecule has 0 fully saturated rings. The van der Waals surface area contributed by atoms with Crippen molar-refractivity contribution in [3.05, 3.63) is 47.5 Å². The molecule has 0 aliphatic heterocycles. The van der Waals surface area contributed by atoms with Gasteiger partial charge in [-0.1, -0.05) is 6.08 Å². The maximum atomic E-state index is 12.7. The molecule has 228 valence electrons. The molecule has 0 heterocycles. The highest BCUT2D eigenvalue weighted by Crippen LogP contribution is 2.27. The topological polar surface area (TPSA) is 230 Å². The number of carboxylic acids is 1. The Bertz CT molecular complexity index is 1060. The molecule has 1 aromatic carbocycles. The van der Waals surface area contributed by atoms with E-state index in [0.717, 1.165) is 18.7 Å². The summed E-state index contributed by atoms with van der Waals surface area (Å²) in [6.07, 6.45) is 0.0226. The second-order valence-electron chi connectivity index (χ2n) is 8.62. The Morgan fingerprint density at radius 1 is 1.00 bits per heavy atom. The van der Waals surface area contributed by atoms with Crippen molar-refractivity contribution in [2.24, 2.45) is 11.5 Å². The molecule has 1 aromatic rings. The van der Waals surface area contributed by atoms with Crippen LogP contribution in [0.4, 0.5) is 0 Å². The third kappa shape index (κ3) is 14.6. The Hall–Kier alpha value is -3.50. The Balaban J connectivity index is 2.73. The van der Waals surface area contributed by atoms with Gasteiger partial charge in [-0.2, -0.15) is 0 Å². The molecule has 0 aliphatic carbocycles. The van der Waals surface area contributed by atoms with Crippen LogP contribution in [0.2, 0.25) is 0 Å². The number of benzene rings is 1. The number of primary amides is 2. The zero-order chi connectivity index (χ0) is 30.8. The van der Waals surface area contributed by atoms with E-state index in [1.807, 2.05) is 0 Å². The van der Waals surface area contributed by atoms with Crippen molar-refractivity contribution < 1.29 is 48.4 Å². The van der Waals surface area contributed by atoms with E-state index in [0.29, 0.717) is 33.0 Å². The molecular weight excluding hydrogens is 560 g/mol. The molecule has 1 rings (SSSR count). The predicted molar refractivity (Wildman–Crippen MR) is 150 cm³/mol. The minimum atomic E-state index is -1.36.